The van der Waals surface area contributed by atoms with Crippen molar-refractivity contribution in [3.63, 3.8) is 0 Å². The van der Waals surface area contributed by atoms with E-state index in [1.165, 1.54) is 30.3 Å². The number of aromatic nitrogens is 2. The Hall–Kier alpha value is -2.80. The monoisotopic (exact) mass is 365 g/mol. The third-order valence-electron chi connectivity index (χ3n) is 3.28. The van der Waals surface area contributed by atoms with Gasteiger partial charge in [-0.15, -0.1) is 0 Å². The largest absolute Gasteiger partial charge is 0.508 e. The van der Waals surface area contributed by atoms with Gasteiger partial charge < -0.3 is 10.4 Å². The smallest absolute Gasteiger partial charge is 0.416 e. The van der Waals surface area contributed by atoms with Gasteiger partial charge in [-0.25, -0.2) is 9.97 Å². The summed E-state index contributed by atoms with van der Waals surface area (Å²) in [6.45, 7) is 0. The van der Waals surface area contributed by atoms with Gasteiger partial charge in [0.25, 0.3) is 0 Å². The minimum Gasteiger partial charge on any atom is -0.508 e. The third kappa shape index (κ3) is 4.19. The minimum absolute atomic E-state index is 0.0770. The van der Waals surface area contributed by atoms with Crippen LogP contribution in [0.3, 0.4) is 0 Å². The Labute approximate surface area is 145 Å². The van der Waals surface area contributed by atoms with E-state index in [0.717, 1.165) is 12.1 Å². The van der Waals surface area contributed by atoms with Crippen LogP contribution in [0.2, 0.25) is 5.15 Å². The molecule has 0 aliphatic heterocycles. The van der Waals surface area contributed by atoms with Crippen LogP contribution in [0.1, 0.15) is 5.56 Å². The zero-order valence-electron chi connectivity index (χ0n) is 12.5. The highest BCUT2D eigenvalue weighted by atomic mass is 35.5. The second-order valence-electron chi connectivity index (χ2n) is 5.15. The number of alkyl halides is 3. The lowest BCUT2D eigenvalue weighted by atomic mass is 10.1. The van der Waals surface area contributed by atoms with E-state index in [9.17, 15) is 18.3 Å². The van der Waals surface area contributed by atoms with E-state index < -0.39 is 11.7 Å². The average molecular weight is 366 g/mol. The van der Waals surface area contributed by atoms with Gasteiger partial charge in [0.05, 0.1) is 5.56 Å². The van der Waals surface area contributed by atoms with Crippen LogP contribution in [0.25, 0.3) is 11.4 Å². The van der Waals surface area contributed by atoms with Gasteiger partial charge in [-0.3, -0.25) is 0 Å². The Balaban J connectivity index is 1.91. The maximum atomic E-state index is 12.6. The molecule has 3 rings (SSSR count). The van der Waals surface area contributed by atoms with Gasteiger partial charge >= 0.3 is 6.18 Å². The van der Waals surface area contributed by atoms with E-state index in [1.54, 1.807) is 12.1 Å². The van der Waals surface area contributed by atoms with Crippen molar-refractivity contribution >= 4 is 23.1 Å². The number of anilines is 2. The second kappa shape index (κ2) is 6.60. The number of hydrogen-bond donors (Lipinski definition) is 2. The lowest BCUT2D eigenvalue weighted by Crippen LogP contribution is -2.04. The van der Waals surface area contributed by atoms with Crippen LogP contribution in [0.15, 0.2) is 54.6 Å². The van der Waals surface area contributed by atoms with Gasteiger partial charge in [0.15, 0.2) is 5.82 Å². The molecule has 0 saturated carbocycles. The van der Waals surface area contributed by atoms with Crippen molar-refractivity contribution in [1.82, 2.24) is 9.97 Å². The molecule has 1 aromatic heterocycles. The topological polar surface area (TPSA) is 58.0 Å². The molecule has 0 saturated heterocycles. The summed E-state index contributed by atoms with van der Waals surface area (Å²) in [6, 6.07) is 12.3. The Morgan fingerprint density at radius 1 is 0.960 bits per heavy atom. The van der Waals surface area contributed by atoms with Crippen LogP contribution in [0.5, 0.6) is 5.75 Å². The lowest BCUT2D eigenvalue weighted by molar-refractivity contribution is -0.137. The van der Waals surface area contributed by atoms with Crippen LogP contribution >= 0.6 is 11.6 Å². The molecule has 0 unspecified atom stereocenters. The number of hydrogen-bond acceptors (Lipinski definition) is 4. The zero-order chi connectivity index (χ0) is 18.0. The van der Waals surface area contributed by atoms with Gasteiger partial charge in [0.1, 0.15) is 16.7 Å². The Morgan fingerprint density at radius 2 is 1.68 bits per heavy atom. The van der Waals surface area contributed by atoms with Crippen molar-refractivity contribution in [3.8, 4) is 17.1 Å². The lowest BCUT2D eigenvalue weighted by Gasteiger charge is -2.10. The quantitative estimate of drug-likeness (QED) is 0.621. The summed E-state index contributed by atoms with van der Waals surface area (Å²) in [5.74, 6) is 0.609. The summed E-state index contributed by atoms with van der Waals surface area (Å²) < 4.78 is 37.9. The molecule has 3 aromatic rings. The average Bonchev–Trinajstić information content (AvgIpc) is 2.53. The molecule has 128 valence electrons. The molecular formula is C17H11ClF3N3O. The number of nitrogens with one attached hydrogen (secondary N) is 1. The molecule has 0 fully saturated rings. The first-order valence-electron chi connectivity index (χ1n) is 7.09. The van der Waals surface area contributed by atoms with Crippen LogP contribution in [-0.2, 0) is 6.18 Å². The first kappa shape index (κ1) is 17.0. The number of rotatable bonds is 3. The molecule has 8 heteroatoms. The fraction of sp³-hybridized carbons (Fsp3) is 0.0588. The highest BCUT2D eigenvalue weighted by Crippen LogP contribution is 2.31. The molecule has 0 bridgehead atoms. The first-order valence-corrected chi connectivity index (χ1v) is 7.47. The first-order chi connectivity index (χ1) is 11.8. The predicted octanol–water partition coefficient (Wildman–Crippen LogP) is 5.27. The highest BCUT2D eigenvalue weighted by molar-refractivity contribution is 6.29. The number of aromatic hydroxyl groups is 1. The van der Waals surface area contributed by atoms with E-state index in [2.05, 4.69) is 15.3 Å². The normalized spacial score (nSPS) is 11.4. The van der Waals surface area contributed by atoms with Crippen molar-refractivity contribution < 1.29 is 18.3 Å². The molecule has 0 atom stereocenters. The van der Waals surface area contributed by atoms with Gasteiger partial charge in [-0.2, -0.15) is 13.2 Å². The van der Waals surface area contributed by atoms with Crippen molar-refractivity contribution in [1.29, 1.82) is 0 Å². The third-order valence-corrected chi connectivity index (χ3v) is 3.48. The van der Waals surface area contributed by atoms with E-state index in [4.69, 9.17) is 11.6 Å². The summed E-state index contributed by atoms with van der Waals surface area (Å²) in [7, 11) is 0. The van der Waals surface area contributed by atoms with E-state index in [-0.39, 0.29) is 16.7 Å². The van der Waals surface area contributed by atoms with Crippen LogP contribution < -0.4 is 5.32 Å². The fourth-order valence-corrected chi connectivity index (χ4v) is 2.33. The SMILES string of the molecule is Oc1cccc(Nc2cc(Cl)nc(-c3ccc(C(F)(F)F)cc3)n2)c1. The van der Waals surface area contributed by atoms with Crippen molar-refractivity contribution in [2.45, 2.75) is 6.18 Å². The summed E-state index contributed by atoms with van der Waals surface area (Å²) >= 11 is 5.98. The molecule has 2 aromatic carbocycles. The zero-order valence-corrected chi connectivity index (χ0v) is 13.3. The molecular weight excluding hydrogens is 355 g/mol. The number of benzene rings is 2. The summed E-state index contributed by atoms with van der Waals surface area (Å²) in [5.41, 5.74) is 0.221. The van der Waals surface area contributed by atoms with Crippen LogP contribution in [0, 0.1) is 0 Å². The Bertz CT molecular complexity index is 898. The maximum Gasteiger partial charge on any atom is 0.416 e. The minimum atomic E-state index is -4.41. The summed E-state index contributed by atoms with van der Waals surface area (Å²) in [6.07, 6.45) is -4.41. The van der Waals surface area contributed by atoms with E-state index in [0.29, 0.717) is 17.1 Å². The van der Waals surface area contributed by atoms with Gasteiger partial charge in [0, 0.05) is 23.4 Å². The molecule has 0 amide bonds. The molecule has 1 heterocycles. The standard InChI is InChI=1S/C17H11ClF3N3O/c18-14-9-15(22-12-2-1-3-13(25)8-12)24-16(23-14)10-4-6-11(7-5-10)17(19,20)21/h1-9,25H,(H,22,23,24). The molecule has 2 N–H and O–H groups in total. The number of nitrogens with zero attached hydrogens (tertiary/aromatic N) is 2. The predicted molar refractivity (Wildman–Crippen MR) is 88.9 cm³/mol. The second-order valence-corrected chi connectivity index (χ2v) is 5.54. The molecule has 0 aliphatic rings. The number of phenols is 1. The number of halogens is 4. The Morgan fingerprint density at radius 3 is 2.32 bits per heavy atom. The molecule has 0 radical (unpaired) electrons. The van der Waals surface area contributed by atoms with Gasteiger partial charge in [0.2, 0.25) is 0 Å². The van der Waals surface area contributed by atoms with Crippen molar-refractivity contribution in [2.75, 3.05) is 5.32 Å². The van der Waals surface area contributed by atoms with Crippen molar-refractivity contribution in [3.05, 3.63) is 65.3 Å². The summed E-state index contributed by atoms with van der Waals surface area (Å²) in [4.78, 5) is 8.29. The van der Waals surface area contributed by atoms with E-state index >= 15 is 0 Å². The van der Waals surface area contributed by atoms with E-state index in [1.807, 2.05) is 0 Å². The van der Waals surface area contributed by atoms with Crippen molar-refractivity contribution in [2.24, 2.45) is 0 Å². The molecule has 0 aliphatic carbocycles. The Kier molecular flexibility index (Phi) is 4.50. The van der Waals surface area contributed by atoms with Gasteiger partial charge in [-0.05, 0) is 24.3 Å². The fourth-order valence-electron chi connectivity index (χ4n) is 2.15. The maximum absolute atomic E-state index is 12.6. The van der Waals surface area contributed by atoms with Crippen LogP contribution in [0.4, 0.5) is 24.7 Å². The molecule has 25 heavy (non-hydrogen) atoms. The highest BCUT2D eigenvalue weighted by Gasteiger charge is 2.30. The molecule has 4 nitrogen and oxygen atoms in total. The summed E-state index contributed by atoms with van der Waals surface area (Å²) in [5, 5.41) is 12.6. The van der Waals surface area contributed by atoms with Gasteiger partial charge in [-0.1, -0.05) is 29.8 Å². The number of phenolic OH excluding ortho intramolecular Hbond substituents is 1. The molecule has 0 spiro atoms. The van der Waals surface area contributed by atoms with Crippen LogP contribution in [-0.4, -0.2) is 15.1 Å².